The fourth-order valence-corrected chi connectivity index (χ4v) is 3.35. The van der Waals surface area contributed by atoms with Gasteiger partial charge in [0.2, 0.25) is 5.91 Å². The van der Waals surface area contributed by atoms with E-state index in [-0.39, 0.29) is 5.91 Å². The summed E-state index contributed by atoms with van der Waals surface area (Å²) in [5.41, 5.74) is 1.09. The summed E-state index contributed by atoms with van der Waals surface area (Å²) in [5, 5.41) is 5.11. The van der Waals surface area contributed by atoms with Gasteiger partial charge in [0.15, 0.2) is 0 Å². The smallest absolute Gasteiger partial charge is 0.243 e. The molecule has 0 unspecified atom stereocenters. The van der Waals surface area contributed by atoms with Crippen LogP contribution in [0.15, 0.2) is 48.5 Å². The van der Waals surface area contributed by atoms with Gasteiger partial charge in [0.1, 0.15) is 0 Å². The number of carbonyl (C=O) groups excluding carboxylic acids is 1. The van der Waals surface area contributed by atoms with E-state index in [2.05, 4.69) is 35.6 Å². The van der Waals surface area contributed by atoms with E-state index >= 15 is 0 Å². The molecule has 2 nitrogen and oxygen atoms in total. The maximum Gasteiger partial charge on any atom is 0.243 e. The molecule has 1 amide bonds. The minimum absolute atomic E-state index is 0.0851. The zero-order chi connectivity index (χ0) is 13.2. The predicted molar refractivity (Wildman–Crippen MR) is 82.4 cm³/mol. The van der Waals surface area contributed by atoms with Crippen LogP contribution in [0.5, 0.6) is 0 Å². The van der Waals surface area contributed by atoms with E-state index in [0.29, 0.717) is 0 Å². The Balaban J connectivity index is 2.20. The van der Waals surface area contributed by atoms with Crippen LogP contribution in [0, 0.1) is 0 Å². The topological polar surface area (TPSA) is 29.1 Å². The highest BCUT2D eigenvalue weighted by Gasteiger charge is 2.06. The molecule has 0 atom stereocenters. The van der Waals surface area contributed by atoms with E-state index in [1.54, 1.807) is 24.5 Å². The molecule has 1 N–H and O–H groups in total. The fourth-order valence-electron chi connectivity index (χ4n) is 2.15. The van der Waals surface area contributed by atoms with Crippen molar-refractivity contribution in [3.8, 4) is 0 Å². The third-order valence-electron chi connectivity index (χ3n) is 3.10. The summed E-state index contributed by atoms with van der Waals surface area (Å²) >= 11 is 1.76. The molecule has 0 bridgehead atoms. The molecule has 1 heterocycles. The van der Waals surface area contributed by atoms with E-state index in [1.807, 2.05) is 18.2 Å². The van der Waals surface area contributed by atoms with E-state index in [1.165, 1.54) is 20.2 Å². The SMILES string of the molecule is CNC(=O)/C=C/c1cccc2c1sc1ccccc12. The standard InChI is InChI=1S/C16H13NOS/c1-17-15(18)10-9-11-5-4-7-13-12-6-2-3-8-14(12)19-16(11)13/h2-10H,1H3,(H,17,18)/b10-9+. The Hall–Kier alpha value is -2.13. The number of fused-ring (bicyclic) bond motifs is 3. The predicted octanol–water partition coefficient (Wildman–Crippen LogP) is 3.81. The second kappa shape index (κ2) is 4.86. The summed E-state index contributed by atoms with van der Waals surface area (Å²) in [6.45, 7) is 0. The third-order valence-corrected chi connectivity index (χ3v) is 4.33. The average Bonchev–Trinajstić information content (AvgIpc) is 2.84. The fraction of sp³-hybridized carbons (Fsp3) is 0.0625. The van der Waals surface area contributed by atoms with Crippen molar-refractivity contribution >= 4 is 43.5 Å². The van der Waals surface area contributed by atoms with Crippen molar-refractivity contribution < 1.29 is 4.79 Å². The summed E-state index contributed by atoms with van der Waals surface area (Å²) < 4.78 is 2.50. The van der Waals surface area contributed by atoms with Gasteiger partial charge in [-0.15, -0.1) is 11.3 Å². The van der Waals surface area contributed by atoms with Crippen LogP contribution < -0.4 is 5.32 Å². The Kier molecular flexibility index (Phi) is 3.05. The van der Waals surface area contributed by atoms with Gasteiger partial charge in [0, 0.05) is 33.3 Å². The molecule has 2 aromatic carbocycles. The van der Waals surface area contributed by atoms with Crippen LogP contribution in [-0.2, 0) is 4.79 Å². The summed E-state index contributed by atoms with van der Waals surface area (Å²) in [4.78, 5) is 11.3. The maximum absolute atomic E-state index is 11.3. The van der Waals surface area contributed by atoms with Crippen LogP contribution in [0.1, 0.15) is 5.56 Å². The van der Waals surface area contributed by atoms with Crippen molar-refractivity contribution in [1.82, 2.24) is 5.32 Å². The molecular weight excluding hydrogens is 254 g/mol. The molecule has 3 heteroatoms. The van der Waals surface area contributed by atoms with Crippen molar-refractivity contribution in [2.45, 2.75) is 0 Å². The molecule has 19 heavy (non-hydrogen) atoms. The average molecular weight is 267 g/mol. The highest BCUT2D eigenvalue weighted by molar-refractivity contribution is 7.26. The Morgan fingerprint density at radius 3 is 2.74 bits per heavy atom. The molecule has 0 radical (unpaired) electrons. The Bertz CT molecular complexity index is 786. The Morgan fingerprint density at radius 2 is 1.89 bits per heavy atom. The van der Waals surface area contributed by atoms with Gasteiger partial charge in [-0.25, -0.2) is 0 Å². The van der Waals surface area contributed by atoms with Gasteiger partial charge in [-0.05, 0) is 17.7 Å². The maximum atomic E-state index is 11.3. The number of amides is 1. The lowest BCUT2D eigenvalue weighted by Crippen LogP contribution is -2.13. The number of carbonyl (C=O) groups is 1. The van der Waals surface area contributed by atoms with E-state index < -0.39 is 0 Å². The molecule has 0 spiro atoms. The van der Waals surface area contributed by atoms with Gasteiger partial charge in [0.05, 0.1) is 0 Å². The zero-order valence-corrected chi connectivity index (χ0v) is 11.3. The Labute approximate surface area is 115 Å². The molecule has 0 aliphatic rings. The first kappa shape index (κ1) is 11.9. The monoisotopic (exact) mass is 267 g/mol. The summed E-state index contributed by atoms with van der Waals surface area (Å²) in [6.07, 6.45) is 3.44. The zero-order valence-electron chi connectivity index (χ0n) is 10.5. The lowest BCUT2D eigenvalue weighted by molar-refractivity contribution is -0.115. The molecule has 0 aliphatic heterocycles. The first-order valence-corrected chi connectivity index (χ1v) is 6.91. The third kappa shape index (κ3) is 2.13. The summed E-state index contributed by atoms with van der Waals surface area (Å²) in [5.74, 6) is -0.0851. The second-order valence-corrected chi connectivity index (χ2v) is 5.32. The largest absolute Gasteiger partial charge is 0.356 e. The van der Waals surface area contributed by atoms with Gasteiger partial charge in [0.25, 0.3) is 0 Å². The lowest BCUT2D eigenvalue weighted by atomic mass is 10.1. The molecule has 0 aliphatic carbocycles. The van der Waals surface area contributed by atoms with E-state index in [9.17, 15) is 4.79 Å². The molecule has 3 aromatic rings. The Morgan fingerprint density at radius 1 is 1.11 bits per heavy atom. The number of hydrogen-bond donors (Lipinski definition) is 1. The number of benzene rings is 2. The molecule has 3 rings (SSSR count). The van der Waals surface area contributed by atoms with Crippen molar-refractivity contribution in [3.05, 3.63) is 54.1 Å². The van der Waals surface area contributed by atoms with Gasteiger partial charge in [-0.1, -0.05) is 36.4 Å². The number of likely N-dealkylation sites (N-methyl/N-ethyl adjacent to an activating group) is 1. The first-order valence-electron chi connectivity index (χ1n) is 6.09. The molecule has 94 valence electrons. The van der Waals surface area contributed by atoms with Gasteiger partial charge < -0.3 is 5.32 Å². The summed E-state index contributed by atoms with van der Waals surface area (Å²) in [7, 11) is 1.63. The number of rotatable bonds is 2. The van der Waals surface area contributed by atoms with Gasteiger partial charge in [-0.2, -0.15) is 0 Å². The van der Waals surface area contributed by atoms with Crippen LogP contribution in [0.4, 0.5) is 0 Å². The van der Waals surface area contributed by atoms with Crippen LogP contribution in [-0.4, -0.2) is 13.0 Å². The second-order valence-electron chi connectivity index (χ2n) is 4.27. The summed E-state index contributed by atoms with van der Waals surface area (Å²) in [6, 6.07) is 14.6. The van der Waals surface area contributed by atoms with Crippen molar-refractivity contribution in [2.24, 2.45) is 0 Å². The normalized spacial score (nSPS) is 11.4. The molecule has 0 fully saturated rings. The highest BCUT2D eigenvalue weighted by Crippen LogP contribution is 2.35. The number of hydrogen-bond acceptors (Lipinski definition) is 2. The lowest BCUT2D eigenvalue weighted by Gasteiger charge is -1.96. The van der Waals surface area contributed by atoms with Crippen LogP contribution in [0.3, 0.4) is 0 Å². The first-order chi connectivity index (χ1) is 9.29. The number of nitrogens with one attached hydrogen (secondary N) is 1. The molecule has 0 saturated heterocycles. The van der Waals surface area contributed by atoms with E-state index in [0.717, 1.165) is 5.56 Å². The van der Waals surface area contributed by atoms with Crippen LogP contribution >= 0.6 is 11.3 Å². The minimum Gasteiger partial charge on any atom is -0.356 e. The molecular formula is C16H13NOS. The quantitative estimate of drug-likeness (QED) is 0.703. The van der Waals surface area contributed by atoms with Crippen molar-refractivity contribution in [2.75, 3.05) is 7.05 Å². The van der Waals surface area contributed by atoms with Crippen LogP contribution in [0.25, 0.3) is 26.2 Å². The minimum atomic E-state index is -0.0851. The molecule has 1 aromatic heterocycles. The highest BCUT2D eigenvalue weighted by atomic mass is 32.1. The van der Waals surface area contributed by atoms with Crippen molar-refractivity contribution in [3.63, 3.8) is 0 Å². The molecule has 0 saturated carbocycles. The van der Waals surface area contributed by atoms with E-state index in [4.69, 9.17) is 0 Å². The van der Waals surface area contributed by atoms with Crippen LogP contribution in [0.2, 0.25) is 0 Å². The van der Waals surface area contributed by atoms with Gasteiger partial charge >= 0.3 is 0 Å². The van der Waals surface area contributed by atoms with Crippen molar-refractivity contribution in [1.29, 1.82) is 0 Å². The van der Waals surface area contributed by atoms with Gasteiger partial charge in [-0.3, -0.25) is 4.79 Å². The number of thiophene rings is 1.